The third kappa shape index (κ3) is 1.15. The van der Waals surface area contributed by atoms with Crippen molar-refractivity contribution >= 4 is 40.9 Å². The predicted octanol–water partition coefficient (Wildman–Crippen LogP) is 1.83. The molecule has 0 atom stereocenters. The smallest absolute Gasteiger partial charge is 0.148 e. The van der Waals surface area contributed by atoms with Crippen LogP contribution < -0.4 is 5.46 Å². The van der Waals surface area contributed by atoms with Crippen molar-refractivity contribution < 1.29 is 0 Å². The highest BCUT2D eigenvalue weighted by atomic mass is 15.0. The van der Waals surface area contributed by atoms with Gasteiger partial charge in [-0.15, -0.1) is 0 Å². The largest absolute Gasteiger partial charge is 0.282 e. The molecule has 2 aromatic heterocycles. The van der Waals surface area contributed by atoms with Gasteiger partial charge >= 0.3 is 0 Å². The molecule has 4 heteroatoms. The molecule has 2 radical (unpaired) electrons. The predicted molar refractivity (Wildman–Crippen MR) is 73.4 cm³/mol. The van der Waals surface area contributed by atoms with E-state index in [0.29, 0.717) is 5.46 Å². The van der Waals surface area contributed by atoms with Gasteiger partial charge in [-0.05, 0) is 18.2 Å². The van der Waals surface area contributed by atoms with Crippen LogP contribution in [0.3, 0.4) is 0 Å². The average molecular weight is 229 g/mol. The standard InChI is InChI=1S/C14H8BN3/c15-10-5-3-4-9-13(10)16-8-18-12-7-2-1-6-11(12)17-14(9)18/h1-8H. The highest BCUT2D eigenvalue weighted by molar-refractivity contribution is 6.38. The molecule has 18 heavy (non-hydrogen) atoms. The Balaban J connectivity index is 2.32. The maximum absolute atomic E-state index is 5.94. The van der Waals surface area contributed by atoms with Crippen LogP contribution in [0.1, 0.15) is 0 Å². The molecule has 2 aromatic carbocycles. The summed E-state index contributed by atoms with van der Waals surface area (Å²) in [4.78, 5) is 9.08. The lowest BCUT2D eigenvalue weighted by atomic mass is 9.93. The Morgan fingerprint density at radius 1 is 1.00 bits per heavy atom. The second kappa shape index (κ2) is 3.32. The van der Waals surface area contributed by atoms with E-state index in [4.69, 9.17) is 7.85 Å². The van der Waals surface area contributed by atoms with Gasteiger partial charge in [0, 0.05) is 5.39 Å². The van der Waals surface area contributed by atoms with E-state index < -0.39 is 0 Å². The Hall–Kier alpha value is -2.36. The van der Waals surface area contributed by atoms with Gasteiger partial charge in [0.25, 0.3) is 0 Å². The Kier molecular flexibility index (Phi) is 1.78. The molecule has 0 unspecified atom stereocenters. The Morgan fingerprint density at radius 2 is 1.89 bits per heavy atom. The second-order valence-corrected chi connectivity index (χ2v) is 4.28. The number of rotatable bonds is 0. The summed E-state index contributed by atoms with van der Waals surface area (Å²) in [5, 5.41) is 0.980. The van der Waals surface area contributed by atoms with E-state index in [1.807, 2.05) is 46.9 Å². The summed E-state index contributed by atoms with van der Waals surface area (Å²) in [5.41, 5.74) is 4.41. The number of hydrogen-bond acceptors (Lipinski definition) is 2. The number of benzene rings is 2. The molecule has 4 aromatic rings. The van der Waals surface area contributed by atoms with Crippen molar-refractivity contribution in [2.24, 2.45) is 0 Å². The lowest BCUT2D eigenvalue weighted by molar-refractivity contribution is 1.15. The minimum atomic E-state index is 0.682. The minimum absolute atomic E-state index is 0.682. The monoisotopic (exact) mass is 229 g/mol. The fraction of sp³-hybridized carbons (Fsp3) is 0. The zero-order chi connectivity index (χ0) is 12.1. The summed E-state index contributed by atoms with van der Waals surface area (Å²) < 4.78 is 2.00. The topological polar surface area (TPSA) is 30.2 Å². The number of nitrogens with zero attached hydrogens (tertiary/aromatic N) is 3. The summed E-state index contributed by atoms with van der Waals surface area (Å²) in [7, 11) is 5.94. The van der Waals surface area contributed by atoms with Crippen LogP contribution in [-0.4, -0.2) is 22.2 Å². The molecule has 0 spiro atoms. The number of hydrogen-bond donors (Lipinski definition) is 0. The number of para-hydroxylation sites is 3. The summed E-state index contributed by atoms with van der Waals surface area (Å²) >= 11 is 0. The summed E-state index contributed by atoms with van der Waals surface area (Å²) in [5.74, 6) is 0. The van der Waals surface area contributed by atoms with Gasteiger partial charge in [0.05, 0.1) is 16.6 Å². The van der Waals surface area contributed by atoms with Crippen molar-refractivity contribution in [3.05, 3.63) is 48.8 Å². The third-order valence-corrected chi connectivity index (χ3v) is 3.21. The zero-order valence-electron chi connectivity index (χ0n) is 9.54. The van der Waals surface area contributed by atoms with E-state index in [0.717, 1.165) is 27.6 Å². The van der Waals surface area contributed by atoms with Gasteiger partial charge in [-0.3, -0.25) is 4.40 Å². The maximum atomic E-state index is 5.94. The number of imidazole rings is 1. The molecule has 0 amide bonds. The number of aromatic nitrogens is 3. The van der Waals surface area contributed by atoms with Crippen molar-refractivity contribution in [3.63, 3.8) is 0 Å². The minimum Gasteiger partial charge on any atom is -0.282 e. The second-order valence-electron chi connectivity index (χ2n) is 4.28. The molecular formula is C14H8BN3. The normalized spacial score (nSPS) is 11.6. The average Bonchev–Trinajstić information content (AvgIpc) is 2.78. The highest BCUT2D eigenvalue weighted by Gasteiger charge is 2.08. The SMILES string of the molecule is [B]c1cccc2c1ncn1c3ccccc3nc21. The van der Waals surface area contributed by atoms with Crippen LogP contribution in [0.15, 0.2) is 48.8 Å². The van der Waals surface area contributed by atoms with Gasteiger partial charge < -0.3 is 0 Å². The Morgan fingerprint density at radius 3 is 2.83 bits per heavy atom. The van der Waals surface area contributed by atoms with Crippen LogP contribution in [0, 0.1) is 0 Å². The van der Waals surface area contributed by atoms with Crippen molar-refractivity contribution in [1.82, 2.24) is 14.4 Å². The van der Waals surface area contributed by atoms with Gasteiger partial charge in [0.2, 0.25) is 0 Å². The first kappa shape index (κ1) is 9.65. The molecule has 0 saturated carbocycles. The van der Waals surface area contributed by atoms with Gasteiger partial charge in [0.15, 0.2) is 0 Å². The van der Waals surface area contributed by atoms with Crippen molar-refractivity contribution in [3.8, 4) is 0 Å². The first-order chi connectivity index (χ1) is 8.84. The number of fused-ring (bicyclic) bond motifs is 5. The molecule has 0 aliphatic carbocycles. The van der Waals surface area contributed by atoms with Crippen molar-refractivity contribution in [2.45, 2.75) is 0 Å². The van der Waals surface area contributed by atoms with E-state index in [1.54, 1.807) is 6.33 Å². The van der Waals surface area contributed by atoms with Crippen LogP contribution in [0.25, 0.3) is 27.6 Å². The van der Waals surface area contributed by atoms with Crippen LogP contribution >= 0.6 is 0 Å². The first-order valence-corrected chi connectivity index (χ1v) is 5.74. The van der Waals surface area contributed by atoms with E-state index in [1.165, 1.54) is 0 Å². The maximum Gasteiger partial charge on any atom is 0.148 e. The molecule has 0 aliphatic heterocycles. The van der Waals surface area contributed by atoms with Crippen LogP contribution in [0.2, 0.25) is 0 Å². The Bertz CT molecular complexity index is 895. The van der Waals surface area contributed by atoms with Crippen molar-refractivity contribution in [1.29, 1.82) is 0 Å². The van der Waals surface area contributed by atoms with Gasteiger partial charge in [-0.1, -0.05) is 29.7 Å². The molecule has 2 heterocycles. The molecule has 0 saturated heterocycles. The van der Waals surface area contributed by atoms with E-state index in [2.05, 4.69) is 9.97 Å². The van der Waals surface area contributed by atoms with E-state index in [-0.39, 0.29) is 0 Å². The van der Waals surface area contributed by atoms with Crippen LogP contribution in [0.5, 0.6) is 0 Å². The first-order valence-electron chi connectivity index (χ1n) is 5.74. The molecular weight excluding hydrogens is 221 g/mol. The highest BCUT2D eigenvalue weighted by Crippen LogP contribution is 2.21. The van der Waals surface area contributed by atoms with Gasteiger partial charge in [-0.25, -0.2) is 9.97 Å². The van der Waals surface area contributed by atoms with Crippen LogP contribution in [0.4, 0.5) is 0 Å². The zero-order valence-corrected chi connectivity index (χ0v) is 9.54. The molecule has 0 bridgehead atoms. The fourth-order valence-corrected chi connectivity index (χ4v) is 2.35. The summed E-state index contributed by atoms with van der Waals surface area (Å²) in [6, 6.07) is 13.8. The lowest BCUT2D eigenvalue weighted by Gasteiger charge is -2.02. The quantitative estimate of drug-likeness (QED) is 0.430. The summed E-state index contributed by atoms with van der Waals surface area (Å²) in [6.07, 6.45) is 1.78. The molecule has 0 fully saturated rings. The fourth-order valence-electron chi connectivity index (χ4n) is 2.35. The van der Waals surface area contributed by atoms with Gasteiger partial charge in [0.1, 0.15) is 19.8 Å². The van der Waals surface area contributed by atoms with E-state index in [9.17, 15) is 0 Å². The molecule has 0 N–H and O–H groups in total. The molecule has 0 aliphatic rings. The molecule has 4 rings (SSSR count). The lowest BCUT2D eigenvalue weighted by Crippen LogP contribution is -2.06. The molecule has 82 valence electrons. The third-order valence-electron chi connectivity index (χ3n) is 3.21. The van der Waals surface area contributed by atoms with Gasteiger partial charge in [-0.2, -0.15) is 0 Å². The van der Waals surface area contributed by atoms with Crippen LogP contribution in [-0.2, 0) is 0 Å². The summed E-state index contributed by atoms with van der Waals surface area (Å²) in [6.45, 7) is 0. The molecule has 3 nitrogen and oxygen atoms in total. The Labute approximate surface area is 105 Å². The van der Waals surface area contributed by atoms with E-state index >= 15 is 0 Å². The van der Waals surface area contributed by atoms with Crippen molar-refractivity contribution in [2.75, 3.05) is 0 Å².